The molecule has 0 unspecified atom stereocenters. The smallest absolute Gasteiger partial charge is 0.354 e. The Balaban J connectivity index is 3.08. The molecule has 1 aromatic rings. The lowest BCUT2D eigenvalue weighted by atomic mass is 10.2. The van der Waals surface area contributed by atoms with Gasteiger partial charge in [-0.2, -0.15) is 0 Å². The van der Waals surface area contributed by atoms with Gasteiger partial charge in [-0.1, -0.05) is 6.92 Å². The van der Waals surface area contributed by atoms with Crippen LogP contribution in [0.3, 0.4) is 0 Å². The van der Waals surface area contributed by atoms with E-state index in [9.17, 15) is 14.4 Å². The van der Waals surface area contributed by atoms with E-state index in [1.807, 2.05) is 0 Å². The van der Waals surface area contributed by atoms with Crippen LogP contribution in [0.4, 0.5) is 11.4 Å². The quantitative estimate of drug-likeness (QED) is 0.577. The minimum atomic E-state index is -0.734. The zero-order chi connectivity index (χ0) is 18.1. The maximum Gasteiger partial charge on any atom is 0.354 e. The van der Waals surface area contributed by atoms with Crippen molar-refractivity contribution < 1.29 is 28.6 Å². The third-order valence-electron chi connectivity index (χ3n) is 2.94. The standard InChI is InChI=1S/C16H20N2O6/c1-5-14(19)18-11-7-6-10(8-13(11)22-2)17-12(16(21)24-4)9-15(20)23-3/h6-9,17H,5H2,1-4H3,(H,18,19)/b12-9+. The molecule has 0 spiro atoms. The molecular weight excluding hydrogens is 316 g/mol. The van der Waals surface area contributed by atoms with Crippen LogP contribution in [0.15, 0.2) is 30.0 Å². The molecule has 0 aliphatic carbocycles. The summed E-state index contributed by atoms with van der Waals surface area (Å²) in [4.78, 5) is 34.6. The van der Waals surface area contributed by atoms with Gasteiger partial charge in [0.05, 0.1) is 33.1 Å². The Morgan fingerprint density at radius 3 is 2.33 bits per heavy atom. The Morgan fingerprint density at radius 1 is 1.08 bits per heavy atom. The summed E-state index contributed by atoms with van der Waals surface area (Å²) in [6.07, 6.45) is 1.31. The second-order valence-corrected chi connectivity index (χ2v) is 4.51. The van der Waals surface area contributed by atoms with Crippen molar-refractivity contribution >= 4 is 29.2 Å². The normalized spacial score (nSPS) is 10.6. The molecule has 0 saturated heterocycles. The average Bonchev–Trinajstić information content (AvgIpc) is 2.61. The van der Waals surface area contributed by atoms with E-state index in [0.29, 0.717) is 23.5 Å². The monoisotopic (exact) mass is 336 g/mol. The highest BCUT2D eigenvalue weighted by molar-refractivity contribution is 5.99. The summed E-state index contributed by atoms with van der Waals surface area (Å²) in [7, 11) is 3.84. The number of amides is 1. The number of benzene rings is 1. The molecule has 1 aromatic carbocycles. The lowest BCUT2D eigenvalue weighted by molar-refractivity contribution is -0.138. The molecule has 0 heterocycles. The Labute approximate surface area is 139 Å². The van der Waals surface area contributed by atoms with Crippen molar-refractivity contribution in [3.05, 3.63) is 30.0 Å². The van der Waals surface area contributed by atoms with Crippen molar-refractivity contribution in [1.82, 2.24) is 0 Å². The van der Waals surface area contributed by atoms with Gasteiger partial charge >= 0.3 is 11.9 Å². The molecular formula is C16H20N2O6. The number of rotatable bonds is 7. The van der Waals surface area contributed by atoms with Crippen LogP contribution in [-0.2, 0) is 23.9 Å². The average molecular weight is 336 g/mol. The molecule has 0 saturated carbocycles. The fraction of sp³-hybridized carbons (Fsp3) is 0.312. The summed E-state index contributed by atoms with van der Waals surface area (Å²) in [5, 5.41) is 5.45. The van der Waals surface area contributed by atoms with Crippen LogP contribution in [0.25, 0.3) is 0 Å². The SMILES string of the molecule is CCC(=O)Nc1ccc(N/C(=C/C(=O)OC)C(=O)OC)cc1OC. The first-order valence-corrected chi connectivity index (χ1v) is 7.08. The summed E-state index contributed by atoms with van der Waals surface area (Å²) >= 11 is 0. The Kier molecular flexibility index (Phi) is 7.28. The maximum absolute atomic E-state index is 11.7. The van der Waals surface area contributed by atoms with Crippen LogP contribution in [0, 0.1) is 0 Å². The molecule has 0 atom stereocenters. The molecule has 0 aliphatic rings. The maximum atomic E-state index is 11.7. The van der Waals surface area contributed by atoms with Crippen molar-refractivity contribution in [3.8, 4) is 5.75 Å². The molecule has 0 aromatic heterocycles. The van der Waals surface area contributed by atoms with Crippen LogP contribution in [0.5, 0.6) is 5.75 Å². The van der Waals surface area contributed by atoms with Gasteiger partial charge in [0, 0.05) is 18.2 Å². The number of hydrogen-bond acceptors (Lipinski definition) is 7. The van der Waals surface area contributed by atoms with Gasteiger partial charge < -0.3 is 24.8 Å². The number of hydrogen-bond donors (Lipinski definition) is 2. The van der Waals surface area contributed by atoms with Crippen LogP contribution >= 0.6 is 0 Å². The van der Waals surface area contributed by atoms with Crippen molar-refractivity contribution in [2.24, 2.45) is 0 Å². The first-order chi connectivity index (χ1) is 11.4. The summed E-state index contributed by atoms with van der Waals surface area (Å²) in [5.74, 6) is -1.21. The number of carbonyl (C=O) groups excluding carboxylic acids is 3. The Hall–Kier alpha value is -3.03. The van der Waals surface area contributed by atoms with E-state index < -0.39 is 11.9 Å². The lowest BCUT2D eigenvalue weighted by Gasteiger charge is -2.13. The third-order valence-corrected chi connectivity index (χ3v) is 2.94. The van der Waals surface area contributed by atoms with E-state index in [1.165, 1.54) is 21.3 Å². The van der Waals surface area contributed by atoms with Gasteiger partial charge in [-0.15, -0.1) is 0 Å². The van der Waals surface area contributed by atoms with Crippen LogP contribution < -0.4 is 15.4 Å². The van der Waals surface area contributed by atoms with Gasteiger partial charge in [-0.3, -0.25) is 4.79 Å². The number of methoxy groups -OCH3 is 3. The zero-order valence-electron chi connectivity index (χ0n) is 14.0. The predicted octanol–water partition coefficient (Wildman–Crippen LogP) is 1.69. The highest BCUT2D eigenvalue weighted by Gasteiger charge is 2.14. The number of anilines is 2. The zero-order valence-corrected chi connectivity index (χ0v) is 14.0. The molecule has 8 nitrogen and oxygen atoms in total. The second kappa shape index (κ2) is 9.19. The molecule has 0 radical (unpaired) electrons. The van der Waals surface area contributed by atoms with Gasteiger partial charge in [-0.25, -0.2) is 9.59 Å². The lowest BCUT2D eigenvalue weighted by Crippen LogP contribution is -2.16. The number of carbonyl (C=O) groups is 3. The van der Waals surface area contributed by atoms with Crippen molar-refractivity contribution in [3.63, 3.8) is 0 Å². The highest BCUT2D eigenvalue weighted by atomic mass is 16.5. The second-order valence-electron chi connectivity index (χ2n) is 4.51. The molecule has 0 aliphatic heterocycles. The van der Waals surface area contributed by atoms with Gasteiger partial charge in [0.1, 0.15) is 11.4 Å². The minimum Gasteiger partial charge on any atom is -0.494 e. The van der Waals surface area contributed by atoms with Gasteiger partial charge in [-0.05, 0) is 12.1 Å². The molecule has 1 rings (SSSR count). The van der Waals surface area contributed by atoms with Crippen LogP contribution in [0.1, 0.15) is 13.3 Å². The van der Waals surface area contributed by atoms with E-state index in [1.54, 1.807) is 25.1 Å². The van der Waals surface area contributed by atoms with Gasteiger partial charge in [0.2, 0.25) is 5.91 Å². The van der Waals surface area contributed by atoms with Gasteiger partial charge in [0.25, 0.3) is 0 Å². The first-order valence-electron chi connectivity index (χ1n) is 7.08. The number of ether oxygens (including phenoxy) is 3. The topological polar surface area (TPSA) is 103 Å². The largest absolute Gasteiger partial charge is 0.494 e. The first kappa shape index (κ1) is 19.0. The van der Waals surface area contributed by atoms with Gasteiger partial charge in [0.15, 0.2) is 0 Å². The Bertz CT molecular complexity index is 654. The number of nitrogens with one attached hydrogen (secondary N) is 2. The fourth-order valence-electron chi connectivity index (χ4n) is 1.70. The molecule has 0 bridgehead atoms. The van der Waals surface area contributed by atoms with Crippen molar-refractivity contribution in [2.45, 2.75) is 13.3 Å². The third kappa shape index (κ3) is 5.31. The molecule has 1 amide bonds. The number of esters is 2. The summed E-state index contributed by atoms with van der Waals surface area (Å²) in [6, 6.07) is 4.79. The van der Waals surface area contributed by atoms with E-state index in [2.05, 4.69) is 20.1 Å². The summed E-state index contributed by atoms with van der Waals surface area (Å²) in [5.41, 5.74) is 0.852. The summed E-state index contributed by atoms with van der Waals surface area (Å²) in [6.45, 7) is 1.73. The summed E-state index contributed by atoms with van der Waals surface area (Å²) < 4.78 is 14.3. The Morgan fingerprint density at radius 2 is 1.79 bits per heavy atom. The predicted molar refractivity (Wildman–Crippen MR) is 87.7 cm³/mol. The van der Waals surface area contributed by atoms with E-state index in [-0.39, 0.29) is 11.6 Å². The van der Waals surface area contributed by atoms with E-state index in [0.717, 1.165) is 6.08 Å². The molecule has 0 fully saturated rings. The van der Waals surface area contributed by atoms with Crippen LogP contribution in [0.2, 0.25) is 0 Å². The highest BCUT2D eigenvalue weighted by Crippen LogP contribution is 2.28. The van der Waals surface area contributed by atoms with Crippen molar-refractivity contribution in [2.75, 3.05) is 32.0 Å². The van der Waals surface area contributed by atoms with E-state index in [4.69, 9.17) is 4.74 Å². The molecule has 2 N–H and O–H groups in total. The molecule has 24 heavy (non-hydrogen) atoms. The minimum absolute atomic E-state index is 0.100. The fourth-order valence-corrected chi connectivity index (χ4v) is 1.70. The van der Waals surface area contributed by atoms with Crippen molar-refractivity contribution in [1.29, 1.82) is 0 Å². The molecule has 130 valence electrons. The van der Waals surface area contributed by atoms with Crippen LogP contribution in [-0.4, -0.2) is 39.2 Å². The molecule has 8 heteroatoms. The van der Waals surface area contributed by atoms with E-state index >= 15 is 0 Å².